The van der Waals surface area contributed by atoms with Crippen LogP contribution in [0.15, 0.2) is 57.5 Å². The van der Waals surface area contributed by atoms with E-state index in [4.69, 9.17) is 18.9 Å². The van der Waals surface area contributed by atoms with E-state index in [0.717, 1.165) is 11.3 Å². The van der Waals surface area contributed by atoms with E-state index < -0.39 is 22.5 Å². The summed E-state index contributed by atoms with van der Waals surface area (Å²) in [5.41, 5.74) is 1.62. The number of fused-ring (bicyclic) bond motifs is 1. The van der Waals surface area contributed by atoms with Crippen molar-refractivity contribution in [3.05, 3.63) is 94.2 Å². The summed E-state index contributed by atoms with van der Waals surface area (Å²) in [4.78, 5) is 43.3. The molecule has 4 rings (SSSR count). The zero-order chi connectivity index (χ0) is 29.0. The highest BCUT2D eigenvalue weighted by molar-refractivity contribution is 7.07. The zero-order valence-corrected chi connectivity index (χ0v) is 23.6. The number of benzene rings is 2. The van der Waals surface area contributed by atoms with E-state index in [1.54, 1.807) is 50.3 Å². The number of hydrogen-bond acceptors (Lipinski definition) is 10. The molecule has 0 bridgehead atoms. The first-order valence-electron chi connectivity index (χ1n) is 12.4. The van der Waals surface area contributed by atoms with Crippen molar-refractivity contribution < 1.29 is 28.7 Å². The lowest BCUT2D eigenvalue weighted by molar-refractivity contribution is -0.385. The molecule has 0 N–H and O–H groups in total. The third-order valence-electron chi connectivity index (χ3n) is 6.30. The van der Waals surface area contributed by atoms with Crippen LogP contribution in [0.3, 0.4) is 0 Å². The van der Waals surface area contributed by atoms with Gasteiger partial charge in [0.15, 0.2) is 16.3 Å². The largest absolute Gasteiger partial charge is 0.493 e. The number of allylic oxidation sites excluding steroid dienone is 1. The SMILES string of the molecule is CCOc1c(OC)cccc1[C@@H]1C(C(=O)OCCOC)=C(C)N=c2s/c(=C/c3ccc(C)c([N+](=O)[O-])c3)c(=O)n21. The van der Waals surface area contributed by atoms with Gasteiger partial charge in [-0.25, -0.2) is 9.79 Å². The Morgan fingerprint density at radius 3 is 2.65 bits per heavy atom. The average Bonchev–Trinajstić information content (AvgIpc) is 3.23. The normalized spacial score (nSPS) is 14.9. The number of rotatable bonds is 10. The van der Waals surface area contributed by atoms with Crippen LogP contribution >= 0.6 is 11.3 Å². The number of methoxy groups -OCH3 is 2. The van der Waals surface area contributed by atoms with Gasteiger partial charge in [0.05, 0.1) is 41.0 Å². The maximum absolute atomic E-state index is 13.9. The maximum Gasteiger partial charge on any atom is 0.338 e. The highest BCUT2D eigenvalue weighted by Crippen LogP contribution is 2.40. The number of nitrogens with zero attached hydrogens (tertiary/aromatic N) is 3. The molecule has 0 saturated carbocycles. The number of carbonyl (C=O) groups is 1. The first-order valence-corrected chi connectivity index (χ1v) is 13.3. The quantitative estimate of drug-likeness (QED) is 0.158. The van der Waals surface area contributed by atoms with Gasteiger partial charge >= 0.3 is 5.97 Å². The van der Waals surface area contributed by atoms with Gasteiger partial charge < -0.3 is 18.9 Å². The molecule has 210 valence electrons. The van der Waals surface area contributed by atoms with E-state index in [1.165, 1.54) is 24.9 Å². The smallest absolute Gasteiger partial charge is 0.338 e. The molecule has 12 heteroatoms. The molecule has 40 heavy (non-hydrogen) atoms. The molecule has 0 radical (unpaired) electrons. The molecule has 0 spiro atoms. The van der Waals surface area contributed by atoms with E-state index in [1.807, 2.05) is 6.92 Å². The van der Waals surface area contributed by atoms with Crippen LogP contribution in [0.5, 0.6) is 11.5 Å². The van der Waals surface area contributed by atoms with Gasteiger partial charge in [-0.05, 0) is 38.5 Å². The van der Waals surface area contributed by atoms with E-state index in [2.05, 4.69) is 4.99 Å². The highest BCUT2D eigenvalue weighted by atomic mass is 32.1. The van der Waals surface area contributed by atoms with E-state index in [0.29, 0.717) is 49.8 Å². The van der Waals surface area contributed by atoms with Crippen LogP contribution in [-0.2, 0) is 14.3 Å². The fourth-order valence-corrected chi connectivity index (χ4v) is 5.49. The van der Waals surface area contributed by atoms with Crippen molar-refractivity contribution in [1.82, 2.24) is 4.57 Å². The molecular weight excluding hydrogens is 538 g/mol. The van der Waals surface area contributed by atoms with Crippen molar-refractivity contribution in [2.75, 3.05) is 34.0 Å². The van der Waals surface area contributed by atoms with Gasteiger partial charge in [-0.1, -0.05) is 35.6 Å². The molecule has 1 aliphatic heterocycles. The molecule has 3 aromatic rings. The molecule has 11 nitrogen and oxygen atoms in total. The predicted molar refractivity (Wildman–Crippen MR) is 149 cm³/mol. The van der Waals surface area contributed by atoms with Crippen molar-refractivity contribution in [3.8, 4) is 11.5 Å². The minimum atomic E-state index is -0.933. The Morgan fingerprint density at radius 1 is 1.20 bits per heavy atom. The topological polar surface area (TPSA) is 131 Å². The summed E-state index contributed by atoms with van der Waals surface area (Å²) in [6.45, 7) is 5.69. The van der Waals surface area contributed by atoms with Crippen LogP contribution in [0.1, 0.15) is 36.6 Å². The predicted octanol–water partition coefficient (Wildman–Crippen LogP) is 3.05. The fraction of sp³-hybridized carbons (Fsp3) is 0.321. The summed E-state index contributed by atoms with van der Waals surface area (Å²) in [5.74, 6) is 0.185. The Morgan fingerprint density at radius 2 is 1.98 bits per heavy atom. The van der Waals surface area contributed by atoms with Crippen molar-refractivity contribution in [1.29, 1.82) is 0 Å². The van der Waals surface area contributed by atoms with Crippen LogP contribution in [0.4, 0.5) is 5.69 Å². The monoisotopic (exact) mass is 567 g/mol. The summed E-state index contributed by atoms with van der Waals surface area (Å²) >= 11 is 1.12. The lowest BCUT2D eigenvalue weighted by atomic mass is 9.94. The van der Waals surface area contributed by atoms with Crippen LogP contribution in [0, 0.1) is 17.0 Å². The number of aryl methyl sites for hydroxylation is 1. The summed E-state index contributed by atoms with van der Waals surface area (Å²) in [6.07, 6.45) is 1.58. The Hall–Kier alpha value is -4.29. The highest BCUT2D eigenvalue weighted by Gasteiger charge is 2.36. The van der Waals surface area contributed by atoms with E-state index in [9.17, 15) is 19.7 Å². The molecule has 0 saturated heterocycles. The van der Waals surface area contributed by atoms with Crippen molar-refractivity contribution in [2.45, 2.75) is 26.8 Å². The van der Waals surface area contributed by atoms with Gasteiger partial charge in [-0.3, -0.25) is 19.5 Å². The van der Waals surface area contributed by atoms with Crippen LogP contribution < -0.4 is 24.4 Å². The summed E-state index contributed by atoms with van der Waals surface area (Å²) in [5, 5.41) is 11.5. The number of hydrogen-bond donors (Lipinski definition) is 0. The second kappa shape index (κ2) is 12.3. The number of aromatic nitrogens is 1. The lowest BCUT2D eigenvalue weighted by Gasteiger charge is -2.27. The van der Waals surface area contributed by atoms with Crippen molar-refractivity contribution in [2.24, 2.45) is 4.99 Å². The third-order valence-corrected chi connectivity index (χ3v) is 7.29. The minimum absolute atomic E-state index is 0.0197. The summed E-state index contributed by atoms with van der Waals surface area (Å²) in [6, 6.07) is 9.07. The van der Waals surface area contributed by atoms with Gasteiger partial charge in [0.1, 0.15) is 12.6 Å². The van der Waals surface area contributed by atoms with E-state index >= 15 is 0 Å². The number of para-hydroxylation sites is 1. The lowest BCUT2D eigenvalue weighted by Crippen LogP contribution is -2.40. The molecule has 1 aliphatic rings. The van der Waals surface area contributed by atoms with Gasteiger partial charge in [-0.2, -0.15) is 0 Å². The number of ether oxygens (including phenoxy) is 4. The van der Waals surface area contributed by atoms with Crippen LogP contribution in [0.25, 0.3) is 6.08 Å². The van der Waals surface area contributed by atoms with Gasteiger partial charge in [-0.15, -0.1) is 0 Å². The molecule has 0 fully saturated rings. The van der Waals surface area contributed by atoms with E-state index in [-0.39, 0.29) is 24.5 Å². The number of nitro groups is 1. The molecule has 0 amide bonds. The minimum Gasteiger partial charge on any atom is -0.493 e. The first kappa shape index (κ1) is 28.7. The van der Waals surface area contributed by atoms with Crippen LogP contribution in [0.2, 0.25) is 0 Å². The van der Waals surface area contributed by atoms with Crippen molar-refractivity contribution >= 4 is 29.1 Å². The summed E-state index contributed by atoms with van der Waals surface area (Å²) in [7, 11) is 3.01. The number of carbonyl (C=O) groups excluding carboxylic acids is 1. The van der Waals surface area contributed by atoms with Crippen LogP contribution in [-0.4, -0.2) is 49.5 Å². The molecular formula is C28H29N3O8S. The Balaban J connectivity index is 1.97. The molecule has 0 aliphatic carbocycles. The second-order valence-corrected chi connectivity index (χ2v) is 9.83. The molecule has 2 heterocycles. The van der Waals surface area contributed by atoms with Gasteiger partial charge in [0.25, 0.3) is 11.2 Å². The molecule has 2 aromatic carbocycles. The zero-order valence-electron chi connectivity index (χ0n) is 22.8. The van der Waals surface area contributed by atoms with Gasteiger partial charge in [0, 0.05) is 24.3 Å². The molecule has 1 atom stereocenters. The Labute approximate surface area is 233 Å². The third kappa shape index (κ3) is 5.54. The molecule has 0 unspecified atom stereocenters. The number of thiazole rings is 1. The van der Waals surface area contributed by atoms with Gasteiger partial charge in [0.2, 0.25) is 0 Å². The number of esters is 1. The average molecular weight is 568 g/mol. The first-order chi connectivity index (χ1) is 19.2. The standard InChI is InChI=1S/C28H29N3O8S/c1-6-38-25-19(8-7-9-21(25)37-5)24-23(27(33)39-13-12-36-4)17(3)29-28-30(24)26(32)22(40-28)15-18-11-10-16(2)20(14-18)31(34)35/h7-11,14-15,24H,6,12-13H2,1-5H3/b22-15+/t24-/m1/s1. The Kier molecular flexibility index (Phi) is 8.80. The maximum atomic E-state index is 13.9. The van der Waals surface area contributed by atoms with Crippen molar-refractivity contribution in [3.63, 3.8) is 0 Å². The second-order valence-electron chi connectivity index (χ2n) is 8.83. The molecule has 1 aromatic heterocycles. The summed E-state index contributed by atoms with van der Waals surface area (Å²) < 4.78 is 23.7. The Bertz CT molecular complexity index is 1670. The number of nitro benzene ring substituents is 1. The fourth-order valence-electron chi connectivity index (χ4n) is 4.44.